The van der Waals surface area contributed by atoms with Crippen LogP contribution in [0.15, 0.2) is 18.2 Å². The summed E-state index contributed by atoms with van der Waals surface area (Å²) in [6.07, 6.45) is 2.05. The van der Waals surface area contributed by atoms with E-state index in [0.29, 0.717) is 0 Å². The van der Waals surface area contributed by atoms with Gasteiger partial charge in [-0.3, -0.25) is 4.79 Å². The summed E-state index contributed by atoms with van der Waals surface area (Å²) in [6, 6.07) is 2.45. The molecule has 1 aromatic carbocycles. The van der Waals surface area contributed by atoms with E-state index in [1.165, 1.54) is 0 Å². The van der Waals surface area contributed by atoms with Gasteiger partial charge in [0.25, 0.3) is 0 Å². The Balaban J connectivity index is 2.05. The van der Waals surface area contributed by atoms with Crippen molar-refractivity contribution >= 4 is 5.91 Å². The smallest absolute Gasteiger partial charge is 0.237 e. The summed E-state index contributed by atoms with van der Waals surface area (Å²) in [5.74, 6) is -0.933. The average molecular weight is 282 g/mol. The molecule has 1 fully saturated rings. The Kier molecular flexibility index (Phi) is 4.70. The summed E-state index contributed by atoms with van der Waals surface area (Å²) in [7, 11) is 0. The molecule has 0 spiro atoms. The molecule has 5 heteroatoms. The summed E-state index contributed by atoms with van der Waals surface area (Å²) in [6.45, 7) is 4.48. The van der Waals surface area contributed by atoms with Gasteiger partial charge in [0.15, 0.2) is 0 Å². The number of hydrogen-bond acceptors (Lipinski definition) is 2. The van der Waals surface area contributed by atoms with Gasteiger partial charge in [0.1, 0.15) is 11.6 Å². The Hall–Kier alpha value is -1.49. The number of carbonyl (C=O) groups is 1. The van der Waals surface area contributed by atoms with Crippen LogP contribution in [-0.2, 0) is 4.79 Å². The van der Waals surface area contributed by atoms with Crippen molar-refractivity contribution in [3.63, 3.8) is 0 Å². The highest BCUT2D eigenvalue weighted by atomic mass is 19.1. The zero-order chi connectivity index (χ0) is 14.7. The minimum Gasteiger partial charge on any atom is -0.348 e. The third-order valence-electron chi connectivity index (χ3n) is 3.84. The van der Waals surface area contributed by atoms with Gasteiger partial charge in [0.2, 0.25) is 5.91 Å². The maximum atomic E-state index is 13.7. The van der Waals surface area contributed by atoms with Gasteiger partial charge in [0, 0.05) is 5.56 Å². The van der Waals surface area contributed by atoms with E-state index in [4.69, 9.17) is 0 Å². The molecule has 2 rings (SSSR count). The summed E-state index contributed by atoms with van der Waals surface area (Å²) in [5.41, 5.74) is 0.168. The van der Waals surface area contributed by atoms with Crippen LogP contribution in [-0.4, -0.2) is 18.5 Å². The van der Waals surface area contributed by atoms with Crippen LogP contribution in [0.1, 0.15) is 38.3 Å². The number of benzene rings is 1. The first-order valence-electron chi connectivity index (χ1n) is 6.97. The molecule has 0 aromatic heterocycles. The molecule has 1 aliphatic heterocycles. The second-order valence-corrected chi connectivity index (χ2v) is 5.45. The zero-order valence-corrected chi connectivity index (χ0v) is 11.7. The van der Waals surface area contributed by atoms with Crippen molar-refractivity contribution < 1.29 is 13.6 Å². The third-order valence-corrected chi connectivity index (χ3v) is 3.84. The topological polar surface area (TPSA) is 41.1 Å². The van der Waals surface area contributed by atoms with Gasteiger partial charge in [-0.05, 0) is 50.4 Å². The number of amides is 1. The van der Waals surface area contributed by atoms with E-state index in [0.717, 1.165) is 37.6 Å². The first-order chi connectivity index (χ1) is 9.49. The molecular formula is C15H20F2N2O. The highest BCUT2D eigenvalue weighted by Crippen LogP contribution is 2.20. The van der Waals surface area contributed by atoms with Gasteiger partial charge in [0.05, 0.1) is 12.1 Å². The van der Waals surface area contributed by atoms with Crippen molar-refractivity contribution in [2.75, 3.05) is 6.54 Å². The lowest BCUT2D eigenvalue weighted by Gasteiger charge is -2.30. The third kappa shape index (κ3) is 3.33. The molecule has 3 unspecified atom stereocenters. The van der Waals surface area contributed by atoms with Crippen LogP contribution in [0.25, 0.3) is 0 Å². The summed E-state index contributed by atoms with van der Waals surface area (Å²) in [5, 5.41) is 5.93. The number of rotatable bonds is 3. The SMILES string of the molecule is CC(NC(=O)C1NCCCC1C)c1cc(F)ccc1F. The van der Waals surface area contributed by atoms with Crippen LogP contribution < -0.4 is 10.6 Å². The van der Waals surface area contributed by atoms with Crippen molar-refractivity contribution in [1.29, 1.82) is 0 Å². The van der Waals surface area contributed by atoms with E-state index in [-0.39, 0.29) is 23.4 Å². The molecule has 3 nitrogen and oxygen atoms in total. The Labute approximate surface area is 117 Å². The molecule has 0 aliphatic carbocycles. The molecule has 2 N–H and O–H groups in total. The number of hydrogen-bond donors (Lipinski definition) is 2. The largest absolute Gasteiger partial charge is 0.348 e. The monoisotopic (exact) mass is 282 g/mol. The molecule has 110 valence electrons. The molecule has 1 aromatic rings. The molecule has 0 radical (unpaired) electrons. The van der Waals surface area contributed by atoms with E-state index in [1.807, 2.05) is 6.92 Å². The van der Waals surface area contributed by atoms with Crippen molar-refractivity contribution in [1.82, 2.24) is 10.6 Å². The Morgan fingerprint density at radius 2 is 2.20 bits per heavy atom. The summed E-state index contributed by atoms with van der Waals surface area (Å²) < 4.78 is 26.8. The van der Waals surface area contributed by atoms with Gasteiger partial charge < -0.3 is 10.6 Å². The molecule has 20 heavy (non-hydrogen) atoms. The fourth-order valence-electron chi connectivity index (χ4n) is 2.63. The molecule has 1 aliphatic rings. The van der Waals surface area contributed by atoms with Gasteiger partial charge in [-0.15, -0.1) is 0 Å². The highest BCUT2D eigenvalue weighted by molar-refractivity contribution is 5.82. The van der Waals surface area contributed by atoms with Crippen LogP contribution in [0, 0.1) is 17.6 Å². The molecule has 0 bridgehead atoms. The second kappa shape index (κ2) is 6.31. The summed E-state index contributed by atoms with van der Waals surface area (Å²) >= 11 is 0. The highest BCUT2D eigenvalue weighted by Gasteiger charge is 2.28. The molecule has 0 saturated carbocycles. The maximum Gasteiger partial charge on any atom is 0.237 e. The lowest BCUT2D eigenvalue weighted by Crippen LogP contribution is -2.51. The van der Waals surface area contributed by atoms with E-state index in [2.05, 4.69) is 10.6 Å². The Bertz CT molecular complexity index is 493. The van der Waals surface area contributed by atoms with Crippen molar-refractivity contribution in [3.05, 3.63) is 35.4 Å². The lowest BCUT2D eigenvalue weighted by molar-refractivity contribution is -0.125. The van der Waals surface area contributed by atoms with Crippen LogP contribution in [0.2, 0.25) is 0 Å². The maximum absolute atomic E-state index is 13.7. The first-order valence-corrected chi connectivity index (χ1v) is 6.97. The molecule has 1 amide bonds. The fraction of sp³-hybridized carbons (Fsp3) is 0.533. The standard InChI is InChI=1S/C15H20F2N2O/c1-9-4-3-7-18-14(9)15(20)19-10(2)12-8-11(16)5-6-13(12)17/h5-6,8-10,14,18H,3-4,7H2,1-2H3,(H,19,20). The van der Waals surface area contributed by atoms with Crippen molar-refractivity contribution in [2.45, 2.75) is 38.8 Å². The molecule has 1 saturated heterocycles. The van der Waals surface area contributed by atoms with Gasteiger partial charge in [-0.25, -0.2) is 8.78 Å². The molecular weight excluding hydrogens is 262 g/mol. The van der Waals surface area contributed by atoms with Crippen LogP contribution in [0.5, 0.6) is 0 Å². The van der Waals surface area contributed by atoms with Crippen LogP contribution in [0.4, 0.5) is 8.78 Å². The van der Waals surface area contributed by atoms with Crippen LogP contribution >= 0.6 is 0 Å². The number of nitrogens with one attached hydrogen (secondary N) is 2. The Morgan fingerprint density at radius 1 is 1.45 bits per heavy atom. The predicted molar refractivity (Wildman–Crippen MR) is 73.1 cm³/mol. The van der Waals surface area contributed by atoms with E-state index in [9.17, 15) is 13.6 Å². The quantitative estimate of drug-likeness (QED) is 0.894. The minimum atomic E-state index is -0.561. The number of halogens is 2. The van der Waals surface area contributed by atoms with E-state index in [1.54, 1.807) is 6.92 Å². The minimum absolute atomic E-state index is 0.159. The lowest BCUT2D eigenvalue weighted by atomic mass is 9.92. The fourth-order valence-corrected chi connectivity index (χ4v) is 2.63. The second-order valence-electron chi connectivity index (χ2n) is 5.45. The molecule has 3 atom stereocenters. The van der Waals surface area contributed by atoms with Crippen molar-refractivity contribution in [3.8, 4) is 0 Å². The van der Waals surface area contributed by atoms with Gasteiger partial charge >= 0.3 is 0 Å². The summed E-state index contributed by atoms with van der Waals surface area (Å²) in [4.78, 5) is 12.2. The average Bonchev–Trinajstić information content (AvgIpc) is 2.41. The molecule has 1 heterocycles. The van der Waals surface area contributed by atoms with E-state index < -0.39 is 17.7 Å². The normalized spacial score (nSPS) is 24.2. The zero-order valence-electron chi connectivity index (χ0n) is 11.7. The van der Waals surface area contributed by atoms with Crippen molar-refractivity contribution in [2.24, 2.45) is 5.92 Å². The van der Waals surface area contributed by atoms with Gasteiger partial charge in [-0.1, -0.05) is 6.92 Å². The number of carbonyl (C=O) groups excluding carboxylic acids is 1. The van der Waals surface area contributed by atoms with Gasteiger partial charge in [-0.2, -0.15) is 0 Å². The van der Waals surface area contributed by atoms with Crippen LogP contribution in [0.3, 0.4) is 0 Å². The Morgan fingerprint density at radius 3 is 2.90 bits per heavy atom. The predicted octanol–water partition coefficient (Wildman–Crippen LogP) is 2.53. The first kappa shape index (κ1) is 14.9. The van der Waals surface area contributed by atoms with E-state index >= 15 is 0 Å². The number of piperidine rings is 1.